The van der Waals surface area contributed by atoms with E-state index in [4.69, 9.17) is 9.40 Å². The van der Waals surface area contributed by atoms with Crippen LogP contribution in [0.25, 0.3) is 16.9 Å². The van der Waals surface area contributed by atoms with Crippen LogP contribution in [0.2, 0.25) is 0 Å². The third-order valence-electron chi connectivity index (χ3n) is 11.1. The number of amides is 3. The number of pyridine rings is 1. The van der Waals surface area contributed by atoms with Crippen LogP contribution in [-0.2, 0) is 33.0 Å². The molecule has 2 saturated heterocycles. The molecule has 0 aliphatic carbocycles. The fraction of sp³-hybridized carbons (Fsp3) is 0.400. The number of fused-ring (bicyclic) bond motifs is 1. The lowest BCUT2D eigenvalue weighted by Crippen LogP contribution is -2.52. The van der Waals surface area contributed by atoms with E-state index in [0.29, 0.717) is 72.6 Å². The van der Waals surface area contributed by atoms with Crippen LogP contribution in [0.4, 0.5) is 23.2 Å². The van der Waals surface area contributed by atoms with Crippen LogP contribution in [0.15, 0.2) is 95.3 Å². The molecule has 17 nitrogen and oxygen atoms in total. The maximum atomic E-state index is 13.4. The lowest BCUT2D eigenvalue weighted by molar-refractivity contribution is -0.133. The molecule has 4 aromatic heterocycles. The number of aromatic nitrogens is 5. The number of unbranched alkanes of at least 4 members (excludes halogenated alkanes) is 2. The van der Waals surface area contributed by atoms with E-state index in [-0.39, 0.29) is 36.4 Å². The monoisotopic (exact) mass is 845 g/mol. The summed E-state index contributed by atoms with van der Waals surface area (Å²) >= 11 is 0. The molecular weight excluding hydrogens is 791 g/mol. The predicted molar refractivity (Wildman–Crippen MR) is 238 cm³/mol. The van der Waals surface area contributed by atoms with E-state index < -0.39 is 5.60 Å². The number of piperazine rings is 2. The number of carbonyl (C=O) groups excluding carboxylic acids is 3. The molecule has 3 amide bonds. The largest absolute Gasteiger partial charge is 0.445 e. The summed E-state index contributed by atoms with van der Waals surface area (Å²) < 4.78 is 8.99. The topological polar surface area (TPSA) is 187 Å². The Hall–Kier alpha value is -6.59. The standard InChI is InChI=1S/C45H55N11O6/c1-5-22-55-43(60)35-30-47-44(50-42(35)56(55)37-12-10-11-36(49-37)45(3,4)61)48-32-13-15-33(16-14-32)52-26-24-51(25-27-52)23-9-7-8-21-46-38(57)19-17-34-18-20-41(62-34)54-29-28-53(31-40(54)59)39(58)6-2/h5-6,10-16,18,20,30,61H,1-2,7-9,17,19,21-29,31H2,3-4H3,(H,46,57)(H,47,48,50). The minimum absolute atomic E-state index is 0.0168. The van der Waals surface area contributed by atoms with Crippen molar-refractivity contribution in [3.63, 3.8) is 0 Å². The molecule has 2 aliphatic rings. The zero-order valence-electron chi connectivity index (χ0n) is 35.5. The molecule has 0 bridgehead atoms. The van der Waals surface area contributed by atoms with Crippen molar-refractivity contribution < 1.29 is 23.9 Å². The van der Waals surface area contributed by atoms with Crippen molar-refractivity contribution in [3.05, 3.63) is 108 Å². The number of hydrogen-bond donors (Lipinski definition) is 3. The van der Waals surface area contributed by atoms with Crippen molar-refractivity contribution in [2.45, 2.75) is 58.1 Å². The van der Waals surface area contributed by atoms with Gasteiger partial charge < -0.3 is 30.0 Å². The molecule has 6 heterocycles. The number of carbonyl (C=O) groups is 3. The van der Waals surface area contributed by atoms with E-state index in [1.54, 1.807) is 54.9 Å². The maximum absolute atomic E-state index is 13.4. The maximum Gasteiger partial charge on any atom is 0.278 e. The van der Waals surface area contributed by atoms with Crippen LogP contribution in [0.3, 0.4) is 0 Å². The van der Waals surface area contributed by atoms with Gasteiger partial charge in [0.2, 0.25) is 29.6 Å². The van der Waals surface area contributed by atoms with Crippen molar-refractivity contribution in [1.29, 1.82) is 0 Å². The molecule has 1 aromatic carbocycles. The van der Waals surface area contributed by atoms with Gasteiger partial charge in [-0.1, -0.05) is 25.1 Å². The number of aryl methyl sites for hydroxylation is 1. The van der Waals surface area contributed by atoms with E-state index in [1.807, 2.05) is 12.1 Å². The Morgan fingerprint density at radius 3 is 2.45 bits per heavy atom. The summed E-state index contributed by atoms with van der Waals surface area (Å²) in [5.41, 5.74) is 1.35. The molecule has 0 saturated carbocycles. The fourth-order valence-electron chi connectivity index (χ4n) is 7.66. The van der Waals surface area contributed by atoms with Crippen LogP contribution < -0.4 is 26.0 Å². The molecule has 7 rings (SSSR count). The first kappa shape index (κ1) is 43.5. The van der Waals surface area contributed by atoms with Crippen molar-refractivity contribution in [2.24, 2.45) is 0 Å². The highest BCUT2D eigenvalue weighted by Gasteiger charge is 2.29. The lowest BCUT2D eigenvalue weighted by Gasteiger charge is -2.36. The molecule has 2 fully saturated rings. The van der Waals surface area contributed by atoms with Gasteiger partial charge in [-0.15, -0.1) is 6.58 Å². The molecule has 5 aromatic rings. The number of nitrogens with one attached hydrogen (secondary N) is 2. The van der Waals surface area contributed by atoms with Gasteiger partial charge in [0.25, 0.3) is 5.56 Å². The van der Waals surface area contributed by atoms with E-state index in [1.165, 1.54) is 26.8 Å². The summed E-state index contributed by atoms with van der Waals surface area (Å²) in [7, 11) is 0. The Bertz CT molecular complexity index is 2460. The summed E-state index contributed by atoms with van der Waals surface area (Å²) in [6.45, 7) is 17.0. The van der Waals surface area contributed by atoms with Crippen molar-refractivity contribution in [2.75, 3.05) is 74.0 Å². The molecule has 62 heavy (non-hydrogen) atoms. The van der Waals surface area contributed by atoms with E-state index in [2.05, 4.69) is 55.7 Å². The Morgan fingerprint density at radius 2 is 1.73 bits per heavy atom. The number of furan rings is 1. The molecule has 17 heteroatoms. The first-order valence-electron chi connectivity index (χ1n) is 21.1. The second-order valence-corrected chi connectivity index (χ2v) is 16.0. The zero-order valence-corrected chi connectivity index (χ0v) is 35.5. The average Bonchev–Trinajstić information content (AvgIpc) is 3.85. The van der Waals surface area contributed by atoms with E-state index >= 15 is 0 Å². The summed E-state index contributed by atoms with van der Waals surface area (Å²) in [5.74, 6) is 1.33. The number of benzene rings is 1. The van der Waals surface area contributed by atoms with Crippen LogP contribution >= 0.6 is 0 Å². The molecule has 326 valence electrons. The highest BCUT2D eigenvalue weighted by molar-refractivity contribution is 5.98. The summed E-state index contributed by atoms with van der Waals surface area (Å²) in [5, 5.41) is 17.2. The molecule has 0 spiro atoms. The molecule has 3 N–H and O–H groups in total. The van der Waals surface area contributed by atoms with Gasteiger partial charge in [-0.3, -0.25) is 29.0 Å². The van der Waals surface area contributed by atoms with Gasteiger partial charge in [-0.25, -0.2) is 19.3 Å². The first-order chi connectivity index (χ1) is 29.9. The summed E-state index contributed by atoms with van der Waals surface area (Å²) in [6.07, 6.45) is 8.09. The molecular formula is C45H55N11O6. The third-order valence-corrected chi connectivity index (χ3v) is 11.1. The van der Waals surface area contributed by atoms with Gasteiger partial charge in [0.05, 0.1) is 12.2 Å². The summed E-state index contributed by atoms with van der Waals surface area (Å²) in [6, 6.07) is 17.0. The number of nitrogens with zero attached hydrogens (tertiary/aromatic N) is 9. The number of anilines is 4. The van der Waals surface area contributed by atoms with Crippen molar-refractivity contribution in [1.82, 2.24) is 39.4 Å². The van der Waals surface area contributed by atoms with Gasteiger partial charge in [-0.05, 0) is 81.8 Å². The Labute approximate surface area is 360 Å². The smallest absolute Gasteiger partial charge is 0.278 e. The second kappa shape index (κ2) is 19.4. The minimum atomic E-state index is -1.17. The molecule has 0 radical (unpaired) electrons. The number of rotatable bonds is 18. The van der Waals surface area contributed by atoms with Crippen LogP contribution in [0, 0.1) is 0 Å². The van der Waals surface area contributed by atoms with E-state index in [9.17, 15) is 24.3 Å². The number of allylic oxidation sites excluding steroid dienone is 1. The number of aliphatic hydroxyl groups is 1. The zero-order chi connectivity index (χ0) is 43.8. The first-order valence-corrected chi connectivity index (χ1v) is 21.1. The van der Waals surface area contributed by atoms with Crippen LogP contribution in [0.1, 0.15) is 51.0 Å². The third kappa shape index (κ3) is 10.3. The van der Waals surface area contributed by atoms with Gasteiger partial charge >= 0.3 is 0 Å². The quantitative estimate of drug-likeness (QED) is 0.0652. The highest BCUT2D eigenvalue weighted by Crippen LogP contribution is 2.25. The lowest BCUT2D eigenvalue weighted by atomic mass is 10.1. The minimum Gasteiger partial charge on any atom is -0.445 e. The van der Waals surface area contributed by atoms with Crippen LogP contribution in [-0.4, -0.2) is 116 Å². The summed E-state index contributed by atoms with van der Waals surface area (Å²) in [4.78, 5) is 71.9. The Morgan fingerprint density at radius 1 is 0.935 bits per heavy atom. The SMILES string of the molecule is C=CCn1c(=O)c2cnc(Nc3ccc(N4CCN(CCCCCNC(=O)CCc5ccc(N6CCN(C(=O)C=C)CC6=O)o5)CC4)cc3)nc2n1-c1cccc(C(C)(C)O)n1. The van der Waals surface area contributed by atoms with E-state index in [0.717, 1.165) is 63.4 Å². The molecule has 0 unspecified atom stereocenters. The highest BCUT2D eigenvalue weighted by atomic mass is 16.4. The van der Waals surface area contributed by atoms with Gasteiger partial charge in [0.1, 0.15) is 23.3 Å². The van der Waals surface area contributed by atoms with Gasteiger partial charge in [0.15, 0.2) is 11.5 Å². The molecule has 0 atom stereocenters. The fourth-order valence-corrected chi connectivity index (χ4v) is 7.66. The van der Waals surface area contributed by atoms with Crippen LogP contribution in [0.5, 0.6) is 0 Å². The predicted octanol–water partition coefficient (Wildman–Crippen LogP) is 4.13. The molecule has 2 aliphatic heterocycles. The average molecular weight is 846 g/mol. The number of hydrogen-bond acceptors (Lipinski definition) is 12. The van der Waals surface area contributed by atoms with Gasteiger partial charge in [-0.2, -0.15) is 4.98 Å². The van der Waals surface area contributed by atoms with Crippen molar-refractivity contribution >= 4 is 52.0 Å². The van der Waals surface area contributed by atoms with Crippen molar-refractivity contribution in [3.8, 4) is 5.82 Å². The second-order valence-electron chi connectivity index (χ2n) is 16.0. The van der Waals surface area contributed by atoms with Gasteiger partial charge in [0, 0.05) is 82.3 Å². The Kier molecular flexibility index (Phi) is 13.6. The normalized spacial score (nSPS) is 15.0. The Balaban J connectivity index is 0.814.